The number of H-pyrrole nitrogens is 1. The van der Waals surface area contributed by atoms with Gasteiger partial charge >= 0.3 is 0 Å². The summed E-state index contributed by atoms with van der Waals surface area (Å²) in [5.41, 5.74) is 5.53. The molecule has 7 nitrogen and oxygen atoms in total. The SMILES string of the molecule is Nc1ccnc(NCCCc2ncn[nH]2)n1. The molecule has 0 aliphatic carbocycles. The van der Waals surface area contributed by atoms with Crippen LogP contribution in [0.15, 0.2) is 18.6 Å². The molecule has 0 fully saturated rings. The number of anilines is 2. The van der Waals surface area contributed by atoms with Crippen molar-refractivity contribution < 1.29 is 0 Å². The van der Waals surface area contributed by atoms with E-state index >= 15 is 0 Å². The van der Waals surface area contributed by atoms with E-state index in [4.69, 9.17) is 5.73 Å². The number of nitrogens with two attached hydrogens (primary N) is 1. The van der Waals surface area contributed by atoms with E-state index in [1.54, 1.807) is 12.3 Å². The first-order valence-corrected chi connectivity index (χ1v) is 5.01. The zero-order valence-electron chi connectivity index (χ0n) is 8.72. The van der Waals surface area contributed by atoms with Gasteiger partial charge in [0, 0.05) is 19.2 Å². The summed E-state index contributed by atoms with van der Waals surface area (Å²) in [6, 6.07) is 1.65. The van der Waals surface area contributed by atoms with Gasteiger partial charge in [-0.05, 0) is 12.5 Å². The average molecular weight is 219 g/mol. The van der Waals surface area contributed by atoms with Gasteiger partial charge in [-0.2, -0.15) is 10.1 Å². The van der Waals surface area contributed by atoms with Gasteiger partial charge in [-0.25, -0.2) is 9.97 Å². The first-order valence-electron chi connectivity index (χ1n) is 5.01. The number of nitrogens with one attached hydrogen (secondary N) is 2. The topological polar surface area (TPSA) is 105 Å². The largest absolute Gasteiger partial charge is 0.384 e. The Morgan fingerprint density at radius 2 is 2.31 bits per heavy atom. The van der Waals surface area contributed by atoms with Crippen LogP contribution in [0.1, 0.15) is 12.2 Å². The quantitative estimate of drug-likeness (QED) is 0.621. The van der Waals surface area contributed by atoms with Crippen LogP contribution in [-0.2, 0) is 6.42 Å². The Morgan fingerprint density at radius 3 is 3.06 bits per heavy atom. The maximum atomic E-state index is 5.53. The summed E-state index contributed by atoms with van der Waals surface area (Å²) in [5, 5.41) is 9.66. The lowest BCUT2D eigenvalue weighted by Crippen LogP contribution is -2.07. The highest BCUT2D eigenvalue weighted by molar-refractivity contribution is 5.34. The number of hydrogen-bond acceptors (Lipinski definition) is 6. The van der Waals surface area contributed by atoms with E-state index in [1.807, 2.05) is 0 Å². The molecule has 4 N–H and O–H groups in total. The molecule has 2 heterocycles. The minimum atomic E-state index is 0.465. The van der Waals surface area contributed by atoms with Crippen molar-refractivity contribution in [1.82, 2.24) is 25.1 Å². The molecule has 0 atom stereocenters. The van der Waals surface area contributed by atoms with E-state index in [1.165, 1.54) is 6.33 Å². The van der Waals surface area contributed by atoms with Crippen molar-refractivity contribution >= 4 is 11.8 Å². The first-order chi connectivity index (χ1) is 7.84. The number of hydrogen-bond donors (Lipinski definition) is 3. The molecule has 0 saturated heterocycles. The molecule has 7 heteroatoms. The minimum absolute atomic E-state index is 0.465. The van der Waals surface area contributed by atoms with Crippen molar-refractivity contribution in [3.63, 3.8) is 0 Å². The highest BCUT2D eigenvalue weighted by Gasteiger charge is 1.97. The van der Waals surface area contributed by atoms with Crippen LogP contribution in [0.4, 0.5) is 11.8 Å². The molecule has 2 rings (SSSR count). The van der Waals surface area contributed by atoms with Crippen LogP contribution < -0.4 is 11.1 Å². The molecular weight excluding hydrogens is 206 g/mol. The predicted molar refractivity (Wildman–Crippen MR) is 59.6 cm³/mol. The monoisotopic (exact) mass is 219 g/mol. The highest BCUT2D eigenvalue weighted by Crippen LogP contribution is 2.01. The van der Waals surface area contributed by atoms with Crippen LogP contribution in [0.3, 0.4) is 0 Å². The van der Waals surface area contributed by atoms with Gasteiger partial charge in [-0.1, -0.05) is 0 Å². The third-order valence-electron chi connectivity index (χ3n) is 2.02. The number of aryl methyl sites for hydroxylation is 1. The standard InChI is InChI=1S/C9H13N7/c10-7-3-5-12-9(15-7)11-4-1-2-8-13-6-14-16-8/h3,5-6H,1-2,4H2,(H,13,14,16)(H3,10,11,12,15). The molecule has 0 spiro atoms. The smallest absolute Gasteiger partial charge is 0.224 e. The van der Waals surface area contributed by atoms with Crippen molar-refractivity contribution in [1.29, 1.82) is 0 Å². The fourth-order valence-corrected chi connectivity index (χ4v) is 1.27. The molecule has 16 heavy (non-hydrogen) atoms. The fourth-order valence-electron chi connectivity index (χ4n) is 1.27. The first kappa shape index (κ1) is 10.3. The molecule has 0 unspecified atom stereocenters. The van der Waals surface area contributed by atoms with Gasteiger partial charge in [0.25, 0.3) is 0 Å². The Bertz CT molecular complexity index is 425. The number of aromatic nitrogens is 5. The lowest BCUT2D eigenvalue weighted by Gasteiger charge is -2.03. The predicted octanol–water partition coefficient (Wildman–Crippen LogP) is 0.222. The van der Waals surface area contributed by atoms with Crippen molar-refractivity contribution in [3.8, 4) is 0 Å². The van der Waals surface area contributed by atoms with Gasteiger partial charge in [-0.15, -0.1) is 0 Å². The number of nitrogen functional groups attached to an aromatic ring is 1. The Morgan fingerprint density at radius 1 is 1.38 bits per heavy atom. The normalized spacial score (nSPS) is 10.2. The number of aromatic amines is 1. The van der Waals surface area contributed by atoms with E-state index < -0.39 is 0 Å². The van der Waals surface area contributed by atoms with E-state index in [-0.39, 0.29) is 0 Å². The molecule has 0 saturated carbocycles. The maximum Gasteiger partial charge on any atom is 0.224 e. The highest BCUT2D eigenvalue weighted by atomic mass is 15.2. The van der Waals surface area contributed by atoms with Crippen molar-refractivity contribution in [2.75, 3.05) is 17.6 Å². The maximum absolute atomic E-state index is 5.53. The Hall–Kier alpha value is -2.18. The van der Waals surface area contributed by atoms with Crippen molar-refractivity contribution in [2.24, 2.45) is 0 Å². The molecule has 0 bridgehead atoms. The van der Waals surface area contributed by atoms with Gasteiger partial charge in [0.15, 0.2) is 0 Å². The summed E-state index contributed by atoms with van der Waals surface area (Å²) < 4.78 is 0. The van der Waals surface area contributed by atoms with Crippen LogP contribution >= 0.6 is 0 Å². The van der Waals surface area contributed by atoms with Crippen molar-refractivity contribution in [3.05, 3.63) is 24.4 Å². The summed E-state index contributed by atoms with van der Waals surface area (Å²) in [5.74, 6) is 1.90. The summed E-state index contributed by atoms with van der Waals surface area (Å²) in [6.07, 6.45) is 4.90. The summed E-state index contributed by atoms with van der Waals surface area (Å²) in [4.78, 5) is 12.1. The van der Waals surface area contributed by atoms with E-state index in [2.05, 4.69) is 30.5 Å². The molecule has 2 aromatic rings. The van der Waals surface area contributed by atoms with Gasteiger partial charge in [0.05, 0.1) is 0 Å². The molecule has 0 amide bonds. The van der Waals surface area contributed by atoms with Gasteiger partial charge in [0.1, 0.15) is 18.0 Å². The number of rotatable bonds is 5. The van der Waals surface area contributed by atoms with Crippen LogP contribution in [-0.4, -0.2) is 31.7 Å². The zero-order chi connectivity index (χ0) is 11.2. The summed E-state index contributed by atoms with van der Waals surface area (Å²) in [7, 11) is 0. The van der Waals surface area contributed by atoms with Crippen LogP contribution in [0.5, 0.6) is 0 Å². The van der Waals surface area contributed by atoms with Crippen molar-refractivity contribution in [2.45, 2.75) is 12.8 Å². The Labute approximate surface area is 92.5 Å². The molecule has 0 aliphatic rings. The molecule has 0 aromatic carbocycles. The van der Waals surface area contributed by atoms with Crippen LogP contribution in [0.25, 0.3) is 0 Å². The second-order valence-corrected chi connectivity index (χ2v) is 3.27. The molecule has 2 aromatic heterocycles. The molecule has 84 valence electrons. The zero-order valence-corrected chi connectivity index (χ0v) is 8.72. The van der Waals surface area contributed by atoms with Gasteiger partial charge in [-0.3, -0.25) is 5.10 Å². The average Bonchev–Trinajstić information content (AvgIpc) is 2.77. The lowest BCUT2D eigenvalue weighted by atomic mass is 10.3. The number of nitrogens with zero attached hydrogens (tertiary/aromatic N) is 4. The Kier molecular flexibility index (Phi) is 3.27. The second kappa shape index (κ2) is 5.06. The van der Waals surface area contributed by atoms with E-state index in [9.17, 15) is 0 Å². The van der Waals surface area contributed by atoms with Gasteiger partial charge < -0.3 is 11.1 Å². The third kappa shape index (κ3) is 2.91. The summed E-state index contributed by atoms with van der Waals surface area (Å²) in [6.45, 7) is 0.768. The van der Waals surface area contributed by atoms with Gasteiger partial charge in [0.2, 0.25) is 5.95 Å². The molecule has 0 radical (unpaired) electrons. The van der Waals surface area contributed by atoms with E-state index in [0.29, 0.717) is 11.8 Å². The second-order valence-electron chi connectivity index (χ2n) is 3.27. The summed E-state index contributed by atoms with van der Waals surface area (Å²) >= 11 is 0. The third-order valence-corrected chi connectivity index (χ3v) is 2.02. The van der Waals surface area contributed by atoms with Crippen LogP contribution in [0, 0.1) is 0 Å². The Balaban J connectivity index is 1.72. The van der Waals surface area contributed by atoms with Crippen LogP contribution in [0.2, 0.25) is 0 Å². The fraction of sp³-hybridized carbons (Fsp3) is 0.333. The molecular formula is C9H13N7. The minimum Gasteiger partial charge on any atom is -0.384 e. The molecule has 0 aliphatic heterocycles. The lowest BCUT2D eigenvalue weighted by molar-refractivity contribution is 0.800. The van der Waals surface area contributed by atoms with E-state index in [0.717, 1.165) is 25.2 Å².